The maximum Gasteiger partial charge on any atom is 0.251 e. The number of amides is 1. The van der Waals surface area contributed by atoms with Crippen LogP contribution in [-0.4, -0.2) is 22.7 Å². The highest BCUT2D eigenvalue weighted by Gasteiger charge is 2.14. The summed E-state index contributed by atoms with van der Waals surface area (Å²) < 4.78 is 10.7. The molecule has 2 N–H and O–H groups in total. The number of nitrogens with zero attached hydrogens (tertiary/aromatic N) is 2. The number of nitrogens with one attached hydrogen (secondary N) is 2. The van der Waals surface area contributed by atoms with Crippen LogP contribution in [0.5, 0.6) is 11.5 Å². The van der Waals surface area contributed by atoms with Gasteiger partial charge in [-0.15, -0.1) is 0 Å². The van der Waals surface area contributed by atoms with Crippen molar-refractivity contribution in [1.82, 2.24) is 15.3 Å². The molecule has 0 aliphatic carbocycles. The first-order valence-electron chi connectivity index (χ1n) is 8.93. The topological polar surface area (TPSA) is 85.4 Å². The zero-order valence-corrected chi connectivity index (χ0v) is 15.7. The van der Waals surface area contributed by atoms with Gasteiger partial charge in [0.05, 0.1) is 0 Å². The summed E-state index contributed by atoms with van der Waals surface area (Å²) in [6, 6.07) is 14.8. The Bertz CT molecular complexity index is 1020. The van der Waals surface area contributed by atoms with Crippen LogP contribution < -0.4 is 20.1 Å². The molecule has 0 bridgehead atoms. The average Bonchev–Trinajstić information content (AvgIpc) is 3.13. The molecule has 0 saturated heterocycles. The second-order valence-electron chi connectivity index (χ2n) is 6.55. The van der Waals surface area contributed by atoms with Gasteiger partial charge in [-0.3, -0.25) is 4.79 Å². The lowest BCUT2D eigenvalue weighted by molar-refractivity contribution is 0.0951. The zero-order valence-electron chi connectivity index (χ0n) is 15.7. The number of carbonyl (C=O) groups excluding carboxylic acids is 1. The molecule has 7 heteroatoms. The molecular formula is C21H20N4O3. The highest BCUT2D eigenvalue weighted by Crippen LogP contribution is 2.32. The fraction of sp³-hybridized carbons (Fsp3) is 0.190. The molecule has 2 heterocycles. The van der Waals surface area contributed by atoms with Gasteiger partial charge in [-0.05, 0) is 55.8 Å². The van der Waals surface area contributed by atoms with Crippen molar-refractivity contribution in [3.63, 3.8) is 0 Å². The molecule has 0 saturated carbocycles. The van der Waals surface area contributed by atoms with E-state index in [4.69, 9.17) is 9.47 Å². The van der Waals surface area contributed by atoms with Gasteiger partial charge in [-0.1, -0.05) is 12.1 Å². The predicted octanol–water partition coefficient (Wildman–Crippen LogP) is 3.50. The van der Waals surface area contributed by atoms with E-state index in [0.717, 1.165) is 28.4 Å². The molecule has 1 aliphatic heterocycles. The number of fused-ring (bicyclic) bond motifs is 1. The highest BCUT2D eigenvalue weighted by molar-refractivity contribution is 5.95. The van der Waals surface area contributed by atoms with Gasteiger partial charge in [0.15, 0.2) is 11.5 Å². The van der Waals surface area contributed by atoms with Crippen molar-refractivity contribution in [2.24, 2.45) is 0 Å². The molecule has 0 spiro atoms. The highest BCUT2D eigenvalue weighted by atomic mass is 16.7. The Labute approximate surface area is 162 Å². The molecular weight excluding hydrogens is 356 g/mol. The van der Waals surface area contributed by atoms with E-state index in [-0.39, 0.29) is 12.7 Å². The lowest BCUT2D eigenvalue weighted by Gasteiger charge is -2.09. The van der Waals surface area contributed by atoms with Crippen LogP contribution in [0.25, 0.3) is 0 Å². The minimum Gasteiger partial charge on any atom is -0.454 e. The first-order chi connectivity index (χ1) is 13.6. The molecule has 1 amide bonds. The molecule has 1 aliphatic rings. The molecule has 3 aromatic rings. The zero-order chi connectivity index (χ0) is 19.5. The van der Waals surface area contributed by atoms with Gasteiger partial charge in [0, 0.05) is 29.2 Å². The van der Waals surface area contributed by atoms with E-state index in [1.807, 2.05) is 50.2 Å². The number of aryl methyl sites for hydroxylation is 2. The van der Waals surface area contributed by atoms with Gasteiger partial charge in [0.2, 0.25) is 12.7 Å². The van der Waals surface area contributed by atoms with Crippen LogP contribution in [0.2, 0.25) is 0 Å². The minimum atomic E-state index is -0.164. The predicted molar refractivity (Wildman–Crippen MR) is 105 cm³/mol. The van der Waals surface area contributed by atoms with Crippen LogP contribution >= 0.6 is 0 Å². The third kappa shape index (κ3) is 4.03. The lowest BCUT2D eigenvalue weighted by atomic mass is 10.1. The summed E-state index contributed by atoms with van der Waals surface area (Å²) in [5.41, 5.74) is 4.01. The summed E-state index contributed by atoms with van der Waals surface area (Å²) in [4.78, 5) is 21.3. The average molecular weight is 376 g/mol. The first-order valence-corrected chi connectivity index (χ1v) is 8.93. The van der Waals surface area contributed by atoms with Crippen LogP contribution in [0.3, 0.4) is 0 Å². The van der Waals surface area contributed by atoms with E-state index in [0.29, 0.717) is 23.8 Å². The van der Waals surface area contributed by atoms with Crippen LogP contribution in [-0.2, 0) is 6.54 Å². The van der Waals surface area contributed by atoms with Gasteiger partial charge in [0.25, 0.3) is 5.91 Å². The van der Waals surface area contributed by atoms with Gasteiger partial charge >= 0.3 is 0 Å². The number of benzene rings is 2. The minimum absolute atomic E-state index is 0.164. The van der Waals surface area contributed by atoms with Crippen molar-refractivity contribution in [2.75, 3.05) is 12.1 Å². The van der Waals surface area contributed by atoms with E-state index in [2.05, 4.69) is 20.6 Å². The van der Waals surface area contributed by atoms with Gasteiger partial charge in [0.1, 0.15) is 0 Å². The second kappa shape index (κ2) is 7.56. The molecule has 2 aromatic carbocycles. The lowest BCUT2D eigenvalue weighted by Crippen LogP contribution is -2.22. The molecule has 0 atom stereocenters. The molecule has 0 unspecified atom stereocenters. The third-order valence-electron chi connectivity index (χ3n) is 4.25. The number of carbonyl (C=O) groups is 1. The standard InChI is InChI=1S/C21H20N4O3/c1-13-8-14(2)24-21(23-13)25-17-5-3-4-16(10-17)20(26)22-11-15-6-7-18-19(9-15)28-12-27-18/h3-10H,11-12H2,1-2H3,(H,22,26)(H,23,24,25). The van der Waals surface area contributed by atoms with E-state index in [1.165, 1.54) is 0 Å². The van der Waals surface area contributed by atoms with E-state index < -0.39 is 0 Å². The van der Waals surface area contributed by atoms with Crippen LogP contribution in [0.1, 0.15) is 27.3 Å². The number of anilines is 2. The first kappa shape index (κ1) is 17.8. The van der Waals surface area contributed by atoms with Crippen LogP contribution in [0, 0.1) is 13.8 Å². The SMILES string of the molecule is Cc1cc(C)nc(Nc2cccc(C(=O)NCc3ccc4c(c3)OCO4)c2)n1. The quantitative estimate of drug-likeness (QED) is 0.709. The van der Waals surface area contributed by atoms with Gasteiger partial charge in [-0.2, -0.15) is 0 Å². The second-order valence-corrected chi connectivity index (χ2v) is 6.55. The van der Waals surface area contributed by atoms with Gasteiger partial charge < -0.3 is 20.1 Å². The van der Waals surface area contributed by atoms with Crippen molar-refractivity contribution in [2.45, 2.75) is 20.4 Å². The van der Waals surface area contributed by atoms with E-state index in [1.54, 1.807) is 12.1 Å². The summed E-state index contributed by atoms with van der Waals surface area (Å²) in [5, 5.41) is 6.07. The molecule has 28 heavy (non-hydrogen) atoms. The third-order valence-corrected chi connectivity index (χ3v) is 4.25. The summed E-state index contributed by atoms with van der Waals surface area (Å²) >= 11 is 0. The fourth-order valence-corrected chi connectivity index (χ4v) is 2.98. The van der Waals surface area contributed by atoms with Gasteiger partial charge in [-0.25, -0.2) is 9.97 Å². The fourth-order valence-electron chi connectivity index (χ4n) is 2.98. The molecule has 7 nitrogen and oxygen atoms in total. The Morgan fingerprint density at radius 2 is 1.79 bits per heavy atom. The van der Waals surface area contributed by atoms with Crippen molar-refractivity contribution in [3.05, 3.63) is 71.0 Å². The van der Waals surface area contributed by atoms with Crippen LogP contribution in [0.15, 0.2) is 48.5 Å². The van der Waals surface area contributed by atoms with Crippen molar-refractivity contribution in [1.29, 1.82) is 0 Å². The van der Waals surface area contributed by atoms with E-state index >= 15 is 0 Å². The number of aromatic nitrogens is 2. The monoisotopic (exact) mass is 376 g/mol. The molecule has 0 radical (unpaired) electrons. The number of ether oxygens (including phenoxy) is 2. The maximum absolute atomic E-state index is 12.5. The summed E-state index contributed by atoms with van der Waals surface area (Å²) in [6.07, 6.45) is 0. The smallest absolute Gasteiger partial charge is 0.251 e. The normalized spacial score (nSPS) is 11.9. The molecule has 4 rings (SSSR count). The van der Waals surface area contributed by atoms with Crippen molar-refractivity contribution >= 4 is 17.5 Å². The van der Waals surface area contributed by atoms with Crippen molar-refractivity contribution < 1.29 is 14.3 Å². The van der Waals surface area contributed by atoms with E-state index in [9.17, 15) is 4.79 Å². The summed E-state index contributed by atoms with van der Waals surface area (Å²) in [6.45, 7) is 4.46. The maximum atomic E-state index is 12.5. The number of hydrogen-bond acceptors (Lipinski definition) is 6. The van der Waals surface area contributed by atoms with Crippen LogP contribution in [0.4, 0.5) is 11.6 Å². The Balaban J connectivity index is 1.42. The summed E-state index contributed by atoms with van der Waals surface area (Å²) in [5.74, 6) is 1.77. The Kier molecular flexibility index (Phi) is 4.80. The molecule has 142 valence electrons. The Morgan fingerprint density at radius 3 is 2.61 bits per heavy atom. The molecule has 1 aromatic heterocycles. The Morgan fingerprint density at radius 1 is 1.00 bits per heavy atom. The molecule has 0 fully saturated rings. The summed E-state index contributed by atoms with van der Waals surface area (Å²) in [7, 11) is 0. The largest absolute Gasteiger partial charge is 0.454 e. The Hall–Kier alpha value is -3.61. The van der Waals surface area contributed by atoms with Crippen molar-refractivity contribution in [3.8, 4) is 11.5 Å². The number of rotatable bonds is 5. The number of hydrogen-bond donors (Lipinski definition) is 2.